The number of aliphatic hydroxyl groups is 1. The molecule has 0 unspecified atom stereocenters. The Balaban J connectivity index is 1.83. The summed E-state index contributed by atoms with van der Waals surface area (Å²) in [4.78, 5) is 2.24. The van der Waals surface area contributed by atoms with Crippen LogP contribution >= 0.6 is 0 Å². The number of hydrogen-bond acceptors (Lipinski definition) is 5. The van der Waals surface area contributed by atoms with Gasteiger partial charge in [-0.05, 0) is 35.7 Å². The topological polar surface area (TPSA) is 62.2 Å². The van der Waals surface area contributed by atoms with E-state index in [1.165, 1.54) is 5.56 Å². The molecule has 0 saturated carbocycles. The molecule has 0 aliphatic carbocycles. The first kappa shape index (κ1) is 17.7. The van der Waals surface area contributed by atoms with Gasteiger partial charge in [0.05, 0.1) is 19.8 Å². The smallest absolute Gasteiger partial charge is 0.165 e. The van der Waals surface area contributed by atoms with Crippen LogP contribution in [-0.2, 0) is 11.3 Å². The number of aromatic hydroxyl groups is 1. The van der Waals surface area contributed by atoms with Crippen LogP contribution in [0, 0.1) is 6.92 Å². The van der Waals surface area contributed by atoms with Gasteiger partial charge in [0.2, 0.25) is 0 Å². The maximum absolute atomic E-state index is 10.5. The van der Waals surface area contributed by atoms with Gasteiger partial charge >= 0.3 is 0 Å². The van der Waals surface area contributed by atoms with Crippen molar-refractivity contribution in [2.45, 2.75) is 13.5 Å². The fourth-order valence-corrected chi connectivity index (χ4v) is 3.16. The minimum absolute atomic E-state index is 0.0413. The van der Waals surface area contributed by atoms with E-state index in [-0.39, 0.29) is 12.4 Å². The number of aryl methyl sites for hydroxylation is 1. The lowest BCUT2D eigenvalue weighted by molar-refractivity contribution is 0.0708. The zero-order valence-electron chi connectivity index (χ0n) is 14.6. The molecule has 0 bridgehead atoms. The minimum Gasteiger partial charge on any atom is -0.504 e. The van der Waals surface area contributed by atoms with Gasteiger partial charge in [-0.25, -0.2) is 0 Å². The first-order chi connectivity index (χ1) is 12.2. The number of aliphatic hydroxyl groups excluding tert-OH is 1. The van der Waals surface area contributed by atoms with Crippen LogP contribution in [0.3, 0.4) is 0 Å². The molecule has 1 aliphatic rings. The number of rotatable bonds is 6. The summed E-state index contributed by atoms with van der Waals surface area (Å²) < 4.78 is 11.2. The van der Waals surface area contributed by atoms with Gasteiger partial charge in [0, 0.05) is 25.2 Å². The van der Waals surface area contributed by atoms with Gasteiger partial charge in [-0.2, -0.15) is 0 Å². The van der Waals surface area contributed by atoms with Gasteiger partial charge in [0.25, 0.3) is 0 Å². The van der Waals surface area contributed by atoms with E-state index in [1.807, 2.05) is 12.1 Å². The van der Waals surface area contributed by atoms with E-state index in [4.69, 9.17) is 14.6 Å². The zero-order valence-corrected chi connectivity index (χ0v) is 14.6. The van der Waals surface area contributed by atoms with Crippen molar-refractivity contribution in [3.63, 3.8) is 0 Å². The van der Waals surface area contributed by atoms with Gasteiger partial charge in [-0.15, -0.1) is 0 Å². The van der Waals surface area contributed by atoms with Crippen molar-refractivity contribution in [3.05, 3.63) is 47.5 Å². The SMILES string of the molecule is Cc1ccccc1-c1cc(O)c2c(c1)CN(CCOCCO)CCO2. The molecule has 0 amide bonds. The van der Waals surface area contributed by atoms with Crippen molar-refractivity contribution in [1.82, 2.24) is 4.90 Å². The zero-order chi connectivity index (χ0) is 17.6. The maximum Gasteiger partial charge on any atom is 0.165 e. The standard InChI is InChI=1S/C20H25NO4/c1-15-4-2-3-5-18(15)16-12-17-14-21(6-9-24-11-8-22)7-10-25-20(17)19(23)13-16/h2-5,12-13,22-23H,6-11,14H2,1H3. The molecule has 5 heteroatoms. The molecule has 2 N–H and O–H groups in total. The summed E-state index contributed by atoms with van der Waals surface area (Å²) in [6.07, 6.45) is 0. The Bertz CT molecular complexity index is 717. The lowest BCUT2D eigenvalue weighted by atomic mass is 9.98. The number of fused-ring (bicyclic) bond motifs is 1. The van der Waals surface area contributed by atoms with Gasteiger partial charge in [0.15, 0.2) is 11.5 Å². The highest BCUT2D eigenvalue weighted by atomic mass is 16.5. The van der Waals surface area contributed by atoms with Gasteiger partial charge in [-0.3, -0.25) is 4.90 Å². The Morgan fingerprint density at radius 3 is 2.84 bits per heavy atom. The summed E-state index contributed by atoms with van der Waals surface area (Å²) in [5, 5.41) is 19.2. The summed E-state index contributed by atoms with van der Waals surface area (Å²) in [6, 6.07) is 12.0. The summed E-state index contributed by atoms with van der Waals surface area (Å²) >= 11 is 0. The van der Waals surface area contributed by atoms with Crippen molar-refractivity contribution < 1.29 is 19.7 Å². The molecule has 0 radical (unpaired) electrons. The van der Waals surface area contributed by atoms with Crippen LogP contribution in [-0.4, -0.2) is 54.6 Å². The van der Waals surface area contributed by atoms with Gasteiger partial charge in [0.1, 0.15) is 6.61 Å². The van der Waals surface area contributed by atoms with Crippen LogP contribution in [0.2, 0.25) is 0 Å². The second-order valence-corrected chi connectivity index (χ2v) is 6.26. The van der Waals surface area contributed by atoms with Gasteiger partial charge < -0.3 is 19.7 Å². The third kappa shape index (κ3) is 4.31. The Morgan fingerprint density at radius 2 is 2.04 bits per heavy atom. The molecule has 0 saturated heterocycles. The molecule has 25 heavy (non-hydrogen) atoms. The summed E-state index contributed by atoms with van der Waals surface area (Å²) in [5.41, 5.74) is 4.27. The molecular formula is C20H25NO4. The molecule has 1 heterocycles. The van der Waals surface area contributed by atoms with E-state index in [0.717, 1.165) is 29.8 Å². The van der Waals surface area contributed by atoms with Crippen molar-refractivity contribution in [2.24, 2.45) is 0 Å². The second kappa shape index (κ2) is 8.34. The third-order valence-corrected chi connectivity index (χ3v) is 4.44. The Morgan fingerprint density at radius 1 is 1.20 bits per heavy atom. The Hall–Kier alpha value is -2.08. The normalized spacial score (nSPS) is 14.6. The van der Waals surface area contributed by atoms with Crippen LogP contribution in [0.25, 0.3) is 11.1 Å². The summed E-state index contributed by atoms with van der Waals surface area (Å²) in [5.74, 6) is 0.769. The molecule has 0 aromatic heterocycles. The molecule has 134 valence electrons. The summed E-state index contributed by atoms with van der Waals surface area (Å²) in [6.45, 7) is 5.81. The lowest BCUT2D eigenvalue weighted by Gasteiger charge is -2.19. The largest absolute Gasteiger partial charge is 0.504 e. The average Bonchev–Trinajstić information content (AvgIpc) is 2.81. The van der Waals surface area contributed by atoms with Crippen LogP contribution in [0.5, 0.6) is 11.5 Å². The number of benzene rings is 2. The van der Waals surface area contributed by atoms with Crippen molar-refractivity contribution in [3.8, 4) is 22.6 Å². The molecule has 0 atom stereocenters. The maximum atomic E-state index is 10.5. The van der Waals surface area contributed by atoms with E-state index in [0.29, 0.717) is 32.1 Å². The van der Waals surface area contributed by atoms with E-state index < -0.39 is 0 Å². The Kier molecular flexibility index (Phi) is 5.91. The molecule has 2 aromatic rings. The van der Waals surface area contributed by atoms with Crippen molar-refractivity contribution >= 4 is 0 Å². The number of hydrogen-bond donors (Lipinski definition) is 2. The third-order valence-electron chi connectivity index (χ3n) is 4.44. The highest BCUT2D eigenvalue weighted by molar-refractivity contribution is 5.71. The minimum atomic E-state index is 0.0413. The summed E-state index contributed by atoms with van der Waals surface area (Å²) in [7, 11) is 0. The monoisotopic (exact) mass is 343 g/mol. The number of phenolic OH excluding ortho intramolecular Hbond substituents is 1. The first-order valence-electron chi connectivity index (χ1n) is 8.64. The van der Waals surface area contributed by atoms with E-state index >= 15 is 0 Å². The first-order valence-corrected chi connectivity index (χ1v) is 8.64. The van der Waals surface area contributed by atoms with Crippen LogP contribution in [0.1, 0.15) is 11.1 Å². The molecule has 0 fully saturated rings. The van der Waals surface area contributed by atoms with Crippen molar-refractivity contribution in [2.75, 3.05) is 39.5 Å². The van der Waals surface area contributed by atoms with E-state index in [9.17, 15) is 5.11 Å². The number of nitrogens with zero attached hydrogens (tertiary/aromatic N) is 1. The highest BCUT2D eigenvalue weighted by Crippen LogP contribution is 2.38. The predicted octanol–water partition coefficient (Wildman–Crippen LogP) is 2.57. The molecule has 2 aromatic carbocycles. The van der Waals surface area contributed by atoms with Crippen LogP contribution < -0.4 is 4.74 Å². The van der Waals surface area contributed by atoms with Gasteiger partial charge in [-0.1, -0.05) is 24.3 Å². The molecule has 0 spiro atoms. The Labute approximate surface area is 148 Å². The number of phenols is 1. The molecule has 1 aliphatic heterocycles. The molecule has 5 nitrogen and oxygen atoms in total. The fourth-order valence-electron chi connectivity index (χ4n) is 3.16. The molecule has 3 rings (SSSR count). The lowest BCUT2D eigenvalue weighted by Crippen LogP contribution is -2.29. The number of ether oxygens (including phenoxy) is 2. The highest BCUT2D eigenvalue weighted by Gasteiger charge is 2.20. The van der Waals surface area contributed by atoms with Crippen LogP contribution in [0.4, 0.5) is 0 Å². The predicted molar refractivity (Wildman–Crippen MR) is 97.0 cm³/mol. The van der Waals surface area contributed by atoms with Crippen molar-refractivity contribution in [1.29, 1.82) is 0 Å². The van der Waals surface area contributed by atoms with E-state index in [1.54, 1.807) is 6.07 Å². The quantitative estimate of drug-likeness (QED) is 0.790. The van der Waals surface area contributed by atoms with Crippen LogP contribution in [0.15, 0.2) is 36.4 Å². The second-order valence-electron chi connectivity index (χ2n) is 6.26. The van der Waals surface area contributed by atoms with E-state index in [2.05, 4.69) is 30.0 Å². The fraction of sp³-hybridized carbons (Fsp3) is 0.400. The molecular weight excluding hydrogens is 318 g/mol. The average molecular weight is 343 g/mol.